The molecule has 0 bridgehead atoms. The number of amides is 4. The van der Waals surface area contributed by atoms with E-state index in [4.69, 9.17) is 10.5 Å². The van der Waals surface area contributed by atoms with Crippen LogP contribution >= 0.6 is 11.3 Å². The normalized spacial score (nSPS) is 18.0. The molecule has 16 heteroatoms. The number of methoxy groups -OCH3 is 1. The van der Waals surface area contributed by atoms with Crippen LogP contribution in [0.2, 0.25) is 0 Å². The van der Waals surface area contributed by atoms with Crippen molar-refractivity contribution in [1.82, 2.24) is 40.0 Å². The zero-order valence-corrected chi connectivity index (χ0v) is 30.7. The molecule has 0 spiro atoms. The molecule has 7 rings (SSSR count). The molecule has 5 heterocycles. The number of primary amides is 1. The smallest absolute Gasteiger partial charge is 0.407 e. The van der Waals surface area contributed by atoms with Gasteiger partial charge in [0.15, 0.2) is 6.10 Å². The third kappa shape index (κ3) is 7.83. The molecule has 0 radical (unpaired) electrons. The second kappa shape index (κ2) is 15.9. The summed E-state index contributed by atoms with van der Waals surface area (Å²) < 4.78 is 9.88. The second-order valence-corrected chi connectivity index (χ2v) is 14.1. The van der Waals surface area contributed by atoms with Crippen LogP contribution in [0.4, 0.5) is 9.59 Å². The predicted molar refractivity (Wildman–Crippen MR) is 200 cm³/mol. The number of carbonyl (C=O) groups excluding carboxylic acids is 4. The summed E-state index contributed by atoms with van der Waals surface area (Å²) in [5.74, 6) is 0.880. The lowest BCUT2D eigenvalue weighted by Gasteiger charge is -2.27. The van der Waals surface area contributed by atoms with E-state index in [0.29, 0.717) is 30.4 Å². The van der Waals surface area contributed by atoms with Gasteiger partial charge in [-0.05, 0) is 54.9 Å². The molecule has 5 aromatic rings. The summed E-state index contributed by atoms with van der Waals surface area (Å²) in [5, 5.41) is 4.37. The molecule has 0 saturated carbocycles. The summed E-state index contributed by atoms with van der Waals surface area (Å²) in [6.07, 6.45) is 4.13. The highest BCUT2D eigenvalue weighted by atomic mass is 32.1. The minimum absolute atomic E-state index is 0.152. The molecule has 5 N–H and O–H groups in total. The van der Waals surface area contributed by atoms with Crippen LogP contribution in [0.1, 0.15) is 62.0 Å². The highest BCUT2D eigenvalue weighted by Crippen LogP contribution is 2.35. The van der Waals surface area contributed by atoms with E-state index in [0.717, 1.165) is 59.3 Å². The van der Waals surface area contributed by atoms with E-state index in [1.807, 2.05) is 29.6 Å². The van der Waals surface area contributed by atoms with Crippen LogP contribution in [0, 0.1) is 0 Å². The van der Waals surface area contributed by atoms with Crippen molar-refractivity contribution < 1.29 is 28.7 Å². The summed E-state index contributed by atoms with van der Waals surface area (Å²) >= 11 is 1.40. The number of nitrogens with one attached hydrogen (secondary N) is 3. The van der Waals surface area contributed by atoms with Gasteiger partial charge in [-0.3, -0.25) is 9.59 Å². The molecular weight excluding hydrogens is 711 g/mol. The minimum atomic E-state index is -1.06. The Labute approximate surface area is 315 Å². The van der Waals surface area contributed by atoms with Gasteiger partial charge in [-0.25, -0.2) is 24.5 Å². The predicted octanol–water partition coefficient (Wildman–Crippen LogP) is 5.37. The lowest BCUT2D eigenvalue weighted by Crippen LogP contribution is -2.46. The van der Waals surface area contributed by atoms with E-state index in [1.165, 1.54) is 18.4 Å². The number of nitrogens with zero attached hydrogens (tertiary/aromatic N) is 5. The van der Waals surface area contributed by atoms with Gasteiger partial charge >= 0.3 is 12.2 Å². The number of benzene rings is 2. The highest BCUT2D eigenvalue weighted by Gasteiger charge is 2.38. The second-order valence-electron chi connectivity index (χ2n) is 13.4. The summed E-state index contributed by atoms with van der Waals surface area (Å²) in [7, 11) is 1.27. The minimum Gasteiger partial charge on any atom is -0.453 e. The first-order chi connectivity index (χ1) is 26.2. The van der Waals surface area contributed by atoms with Crippen molar-refractivity contribution in [3.8, 4) is 33.6 Å². The summed E-state index contributed by atoms with van der Waals surface area (Å²) in [6.45, 7) is 2.75. The number of aromatic amines is 2. The van der Waals surface area contributed by atoms with E-state index in [-0.39, 0.29) is 30.3 Å². The van der Waals surface area contributed by atoms with Crippen LogP contribution in [0.25, 0.3) is 33.6 Å². The molecule has 2 aliphatic heterocycles. The number of hydrogen-bond acceptors (Lipinski definition) is 10. The topological polar surface area (TPSA) is 202 Å². The van der Waals surface area contributed by atoms with Crippen LogP contribution in [-0.2, 0) is 25.5 Å². The number of thiazole rings is 1. The van der Waals surface area contributed by atoms with Gasteiger partial charge in [-0.15, -0.1) is 11.3 Å². The number of aromatic nitrogens is 5. The monoisotopic (exact) mass is 751 g/mol. The maximum atomic E-state index is 13.6. The van der Waals surface area contributed by atoms with Crippen LogP contribution in [0.5, 0.6) is 0 Å². The Morgan fingerprint density at radius 2 is 1.35 bits per heavy atom. The lowest BCUT2D eigenvalue weighted by molar-refractivity contribution is -0.141. The Kier molecular flexibility index (Phi) is 10.7. The summed E-state index contributed by atoms with van der Waals surface area (Å²) in [4.78, 5) is 73.7. The Morgan fingerprint density at radius 3 is 1.83 bits per heavy atom. The molecule has 2 fully saturated rings. The van der Waals surface area contributed by atoms with Gasteiger partial charge in [0.1, 0.15) is 17.7 Å². The Balaban J connectivity index is 0.994. The first-order valence-corrected chi connectivity index (χ1v) is 18.7. The Morgan fingerprint density at radius 1 is 0.833 bits per heavy atom. The lowest BCUT2D eigenvalue weighted by atomic mass is 10.0. The number of likely N-dealkylation sites (tertiary alicyclic amines) is 2. The number of rotatable bonds is 11. The maximum Gasteiger partial charge on any atom is 0.407 e. The van der Waals surface area contributed by atoms with Gasteiger partial charge in [-0.1, -0.05) is 48.5 Å². The first-order valence-electron chi connectivity index (χ1n) is 17.8. The molecule has 54 heavy (non-hydrogen) atoms. The van der Waals surface area contributed by atoms with Crippen molar-refractivity contribution >= 4 is 35.3 Å². The molecule has 3 aromatic heterocycles. The first kappa shape index (κ1) is 36.3. The fourth-order valence-electron chi connectivity index (χ4n) is 7.20. The number of ether oxygens (including phenoxy) is 2. The zero-order chi connectivity index (χ0) is 37.8. The third-order valence-electron chi connectivity index (χ3n) is 9.92. The summed E-state index contributed by atoms with van der Waals surface area (Å²) in [5.41, 5.74) is 13.3. The fraction of sp³-hybridized carbons (Fsp3) is 0.342. The third-order valence-corrected chi connectivity index (χ3v) is 10.6. The molecular formula is C38H41N9O6S. The standard InChI is InChI=1S/C38H41N9O6S/c1-22(43-38(51)52-2)35(48)46-15-3-5-30(46)33-40-18-28(44-33)25-11-7-23(8-12-25)24-9-13-26(14-10-24)29-19-41-34(45-29)31-6-4-16-47(31)36(49)32(53-37(39)50)17-27-20-54-21-42-27/h7-14,18-22,30-32H,3-6,15-17H2,1-2H3,(H2,39,50)(H,40,44)(H,41,45)(H,43,51)/t22-,30-,31-,32-/m0/s1. The van der Waals surface area contributed by atoms with E-state index in [9.17, 15) is 19.2 Å². The average molecular weight is 752 g/mol. The van der Waals surface area contributed by atoms with Gasteiger partial charge in [0, 0.05) is 24.9 Å². The fourth-order valence-corrected chi connectivity index (χ4v) is 7.77. The van der Waals surface area contributed by atoms with Gasteiger partial charge in [0.2, 0.25) is 5.91 Å². The number of hydrogen-bond donors (Lipinski definition) is 4. The van der Waals surface area contributed by atoms with Crippen molar-refractivity contribution in [3.63, 3.8) is 0 Å². The molecule has 0 unspecified atom stereocenters. The molecule has 4 atom stereocenters. The zero-order valence-electron chi connectivity index (χ0n) is 29.9. The van der Waals surface area contributed by atoms with Gasteiger partial charge in [-0.2, -0.15) is 0 Å². The molecule has 15 nitrogen and oxygen atoms in total. The van der Waals surface area contributed by atoms with Crippen LogP contribution in [0.15, 0.2) is 71.8 Å². The average Bonchev–Trinajstić information content (AvgIpc) is 4.03. The summed E-state index contributed by atoms with van der Waals surface area (Å²) in [6, 6.07) is 15.1. The molecule has 280 valence electrons. The molecule has 2 saturated heterocycles. The van der Waals surface area contributed by atoms with Crippen molar-refractivity contribution in [2.45, 2.75) is 63.3 Å². The highest BCUT2D eigenvalue weighted by molar-refractivity contribution is 7.07. The van der Waals surface area contributed by atoms with Crippen molar-refractivity contribution in [1.29, 1.82) is 0 Å². The number of carbonyl (C=O) groups is 4. The quantitative estimate of drug-likeness (QED) is 0.137. The molecule has 0 aliphatic carbocycles. The number of H-pyrrole nitrogens is 2. The molecule has 4 amide bonds. The van der Waals surface area contributed by atoms with Gasteiger partial charge in [0.25, 0.3) is 5.91 Å². The number of alkyl carbamates (subject to hydrolysis) is 1. The Bertz CT molecular complexity index is 2100. The van der Waals surface area contributed by atoms with E-state index in [1.54, 1.807) is 34.6 Å². The van der Waals surface area contributed by atoms with Crippen molar-refractivity contribution in [2.75, 3.05) is 20.2 Å². The van der Waals surface area contributed by atoms with E-state index < -0.39 is 24.3 Å². The van der Waals surface area contributed by atoms with Crippen LogP contribution < -0.4 is 11.1 Å². The van der Waals surface area contributed by atoms with Crippen molar-refractivity contribution in [3.05, 3.63) is 89.2 Å². The SMILES string of the molecule is COC(=O)N[C@@H](C)C(=O)N1CCC[C@H]1c1ncc(-c2ccc(-c3ccc(-c4cnc([C@@H]5CCCN5C(=O)[C@H](Cc5cscn5)OC(N)=O)[nH]4)cc3)cc2)[nH]1. The van der Waals surface area contributed by atoms with Crippen LogP contribution in [0.3, 0.4) is 0 Å². The van der Waals surface area contributed by atoms with E-state index >= 15 is 0 Å². The largest absolute Gasteiger partial charge is 0.453 e. The maximum absolute atomic E-state index is 13.6. The molecule has 2 aromatic carbocycles. The van der Waals surface area contributed by atoms with Crippen LogP contribution in [-0.4, -0.2) is 91.1 Å². The van der Waals surface area contributed by atoms with Gasteiger partial charge < -0.3 is 40.3 Å². The van der Waals surface area contributed by atoms with Crippen molar-refractivity contribution in [2.24, 2.45) is 5.73 Å². The molecule has 2 aliphatic rings. The Hall–Kier alpha value is -6.03. The number of nitrogens with two attached hydrogens (primary N) is 1. The van der Waals surface area contributed by atoms with Gasteiger partial charge in [0.05, 0.1) is 54.2 Å². The van der Waals surface area contributed by atoms with E-state index in [2.05, 4.69) is 59.2 Å². The number of imidazole rings is 2.